The van der Waals surface area contributed by atoms with Gasteiger partial charge in [0.05, 0.1) is 11.4 Å². The second-order valence-electron chi connectivity index (χ2n) is 7.60. The average Bonchev–Trinajstić information content (AvgIpc) is 3.23. The summed E-state index contributed by atoms with van der Waals surface area (Å²) in [4.78, 5) is 13.4. The number of hydrogen-bond acceptors (Lipinski definition) is 9. The number of nitrogens with zero attached hydrogens (tertiary/aromatic N) is 4. The molecule has 176 valence electrons. The van der Waals surface area contributed by atoms with E-state index in [1.165, 1.54) is 23.5 Å². The molecule has 4 rings (SSSR count). The fraction of sp³-hybridized carbons (Fsp3) is 0.333. The minimum Gasteiger partial charge on any atom is -0.404 e. The number of nitrogens with two attached hydrogens (primary N) is 1. The fourth-order valence-electron chi connectivity index (χ4n) is 3.41. The van der Waals surface area contributed by atoms with Crippen LogP contribution in [0.4, 0.5) is 29.8 Å². The van der Waals surface area contributed by atoms with Crippen molar-refractivity contribution in [3.8, 4) is 17.0 Å². The van der Waals surface area contributed by atoms with E-state index in [1.54, 1.807) is 11.6 Å². The number of aliphatic hydroxyl groups excluding tert-OH is 1. The van der Waals surface area contributed by atoms with Crippen LogP contribution < -0.4 is 20.7 Å². The molecule has 1 fully saturated rings. The van der Waals surface area contributed by atoms with Crippen molar-refractivity contribution in [1.82, 2.24) is 14.9 Å². The van der Waals surface area contributed by atoms with Crippen LogP contribution in [0.25, 0.3) is 11.3 Å². The van der Waals surface area contributed by atoms with Crippen LogP contribution in [0.3, 0.4) is 0 Å². The zero-order valence-electron chi connectivity index (χ0n) is 17.7. The lowest BCUT2D eigenvalue weighted by Crippen LogP contribution is -2.44. The molecule has 12 heteroatoms. The lowest BCUT2D eigenvalue weighted by atomic mass is 10.1. The standard InChI is InChI=1S/C21H23F3N6O2S/c1-29-6-8-30(9-7-29)18-11-13(4-5-26-18)16-12-33-20(28-16)27-15-10-14(19(25)31)2-3-17(15)32-21(22,23)24/h2-5,10-12,19,31H,6-9,25H2,1H3,(H,27,28). The minimum absolute atomic E-state index is 0.0110. The van der Waals surface area contributed by atoms with Crippen molar-refractivity contribution >= 4 is 28.0 Å². The molecule has 1 aromatic carbocycles. The maximum atomic E-state index is 12.8. The molecule has 3 heterocycles. The Kier molecular flexibility index (Phi) is 6.70. The Labute approximate surface area is 192 Å². The first-order chi connectivity index (χ1) is 15.7. The number of thiazole rings is 1. The third-order valence-electron chi connectivity index (χ3n) is 5.19. The van der Waals surface area contributed by atoms with Gasteiger partial charge in [-0.3, -0.25) is 0 Å². The van der Waals surface area contributed by atoms with E-state index in [0.717, 1.165) is 43.6 Å². The van der Waals surface area contributed by atoms with Crippen LogP contribution in [0.2, 0.25) is 0 Å². The van der Waals surface area contributed by atoms with E-state index in [4.69, 9.17) is 5.73 Å². The topological polar surface area (TPSA) is 99.8 Å². The van der Waals surface area contributed by atoms with Gasteiger partial charge in [-0.1, -0.05) is 6.07 Å². The molecular formula is C21H23F3N6O2S. The summed E-state index contributed by atoms with van der Waals surface area (Å²) in [5.41, 5.74) is 7.19. The average molecular weight is 481 g/mol. The summed E-state index contributed by atoms with van der Waals surface area (Å²) < 4.78 is 42.5. The van der Waals surface area contributed by atoms with Gasteiger partial charge in [0.25, 0.3) is 0 Å². The van der Waals surface area contributed by atoms with E-state index in [9.17, 15) is 18.3 Å². The second-order valence-corrected chi connectivity index (χ2v) is 8.46. The number of hydrogen-bond donors (Lipinski definition) is 3. The Morgan fingerprint density at radius 3 is 2.64 bits per heavy atom. The molecule has 1 aliphatic heterocycles. The van der Waals surface area contributed by atoms with Gasteiger partial charge in [-0.05, 0) is 36.9 Å². The Balaban J connectivity index is 1.56. The van der Waals surface area contributed by atoms with Gasteiger partial charge < -0.3 is 30.7 Å². The highest BCUT2D eigenvalue weighted by molar-refractivity contribution is 7.14. The van der Waals surface area contributed by atoms with Gasteiger partial charge in [0.1, 0.15) is 12.0 Å². The number of piperazine rings is 1. The number of benzene rings is 1. The Morgan fingerprint density at radius 1 is 1.18 bits per heavy atom. The lowest BCUT2D eigenvalue weighted by Gasteiger charge is -2.33. The van der Waals surface area contributed by atoms with Crippen molar-refractivity contribution < 1.29 is 23.0 Å². The van der Waals surface area contributed by atoms with E-state index in [1.807, 2.05) is 12.1 Å². The number of aromatic nitrogens is 2. The highest BCUT2D eigenvalue weighted by Crippen LogP contribution is 2.36. The predicted molar refractivity (Wildman–Crippen MR) is 121 cm³/mol. The monoisotopic (exact) mass is 480 g/mol. The van der Waals surface area contributed by atoms with Gasteiger partial charge in [-0.2, -0.15) is 0 Å². The minimum atomic E-state index is -4.87. The number of aliphatic hydroxyl groups is 1. The summed E-state index contributed by atoms with van der Waals surface area (Å²) in [5, 5.41) is 14.6. The number of ether oxygens (including phenoxy) is 1. The molecule has 8 nitrogen and oxygen atoms in total. The molecule has 0 saturated carbocycles. The first kappa shape index (κ1) is 23.2. The number of alkyl halides is 3. The van der Waals surface area contributed by atoms with Gasteiger partial charge >= 0.3 is 6.36 Å². The number of nitrogens with one attached hydrogen (secondary N) is 1. The number of rotatable bonds is 6. The smallest absolute Gasteiger partial charge is 0.404 e. The molecule has 2 aromatic heterocycles. The van der Waals surface area contributed by atoms with Crippen molar-refractivity contribution in [3.63, 3.8) is 0 Å². The first-order valence-electron chi connectivity index (χ1n) is 10.1. The summed E-state index contributed by atoms with van der Waals surface area (Å²) in [6.45, 7) is 3.66. The van der Waals surface area contributed by atoms with Gasteiger partial charge in [0.15, 0.2) is 10.9 Å². The Bertz CT molecular complexity index is 1100. The van der Waals surface area contributed by atoms with Gasteiger partial charge in [-0.15, -0.1) is 24.5 Å². The molecule has 1 atom stereocenters. The van der Waals surface area contributed by atoms with Crippen molar-refractivity contribution in [2.45, 2.75) is 12.6 Å². The number of halogens is 3. The molecule has 0 spiro atoms. The van der Waals surface area contributed by atoms with Crippen LogP contribution in [-0.2, 0) is 0 Å². The van der Waals surface area contributed by atoms with Crippen LogP contribution in [0.15, 0.2) is 41.9 Å². The second kappa shape index (κ2) is 9.51. The summed E-state index contributed by atoms with van der Waals surface area (Å²) in [7, 11) is 2.08. The molecule has 0 bridgehead atoms. The molecule has 3 aromatic rings. The maximum Gasteiger partial charge on any atom is 0.573 e. The van der Waals surface area contributed by atoms with Gasteiger partial charge in [-0.25, -0.2) is 9.97 Å². The van der Waals surface area contributed by atoms with Crippen LogP contribution in [-0.4, -0.2) is 59.6 Å². The van der Waals surface area contributed by atoms with E-state index in [0.29, 0.717) is 10.8 Å². The van der Waals surface area contributed by atoms with E-state index in [2.05, 4.69) is 36.9 Å². The zero-order valence-corrected chi connectivity index (χ0v) is 18.5. The van der Waals surface area contributed by atoms with Crippen molar-refractivity contribution in [1.29, 1.82) is 0 Å². The van der Waals surface area contributed by atoms with E-state index < -0.39 is 18.3 Å². The van der Waals surface area contributed by atoms with Crippen molar-refractivity contribution in [2.75, 3.05) is 43.4 Å². The maximum absolute atomic E-state index is 12.8. The number of likely N-dealkylation sites (N-methyl/N-ethyl adjacent to an activating group) is 1. The molecule has 0 amide bonds. The Morgan fingerprint density at radius 2 is 1.94 bits per heavy atom. The zero-order chi connectivity index (χ0) is 23.6. The third kappa shape index (κ3) is 5.90. The largest absolute Gasteiger partial charge is 0.573 e. The summed E-state index contributed by atoms with van der Waals surface area (Å²) in [5.74, 6) is 0.401. The highest BCUT2D eigenvalue weighted by atomic mass is 32.1. The van der Waals surface area contributed by atoms with E-state index in [-0.39, 0.29) is 11.3 Å². The van der Waals surface area contributed by atoms with Crippen LogP contribution in [0, 0.1) is 0 Å². The van der Waals surface area contributed by atoms with E-state index >= 15 is 0 Å². The molecule has 4 N–H and O–H groups in total. The summed E-state index contributed by atoms with van der Waals surface area (Å²) in [6, 6.07) is 7.45. The SMILES string of the molecule is CN1CCN(c2cc(-c3csc(Nc4cc(C(N)O)ccc4OC(F)(F)F)n3)ccn2)CC1. The normalized spacial score (nSPS) is 16.0. The van der Waals surface area contributed by atoms with Crippen LogP contribution in [0.5, 0.6) is 5.75 Å². The quantitative estimate of drug-likeness (QED) is 0.461. The third-order valence-corrected chi connectivity index (χ3v) is 5.94. The predicted octanol–water partition coefficient (Wildman–Crippen LogP) is 3.55. The van der Waals surface area contributed by atoms with Crippen LogP contribution >= 0.6 is 11.3 Å². The first-order valence-corrected chi connectivity index (χ1v) is 11.0. The molecular weight excluding hydrogens is 457 g/mol. The van der Waals surface area contributed by atoms with Crippen molar-refractivity contribution in [2.24, 2.45) is 5.73 Å². The molecule has 0 aliphatic carbocycles. The Hall–Kier alpha value is -2.93. The fourth-order valence-corrected chi connectivity index (χ4v) is 4.14. The molecule has 1 saturated heterocycles. The van der Waals surface area contributed by atoms with Gasteiger partial charge in [0.2, 0.25) is 0 Å². The summed E-state index contributed by atoms with van der Waals surface area (Å²) >= 11 is 1.23. The molecule has 33 heavy (non-hydrogen) atoms. The number of anilines is 3. The molecule has 0 radical (unpaired) electrons. The molecule has 1 aliphatic rings. The lowest BCUT2D eigenvalue weighted by molar-refractivity contribution is -0.274. The van der Waals surface area contributed by atoms with Crippen molar-refractivity contribution in [3.05, 3.63) is 47.5 Å². The highest BCUT2D eigenvalue weighted by Gasteiger charge is 2.32. The van der Waals surface area contributed by atoms with Crippen LogP contribution in [0.1, 0.15) is 11.8 Å². The molecule has 1 unspecified atom stereocenters. The number of pyridine rings is 1. The van der Waals surface area contributed by atoms with Gasteiger partial charge in [0, 0.05) is 43.3 Å². The summed E-state index contributed by atoms with van der Waals surface area (Å²) in [6.07, 6.45) is -4.50.